The van der Waals surface area contributed by atoms with E-state index in [1.165, 1.54) is 12.3 Å². The van der Waals surface area contributed by atoms with Crippen molar-refractivity contribution < 1.29 is 18.4 Å². The molecule has 0 aliphatic rings. The molecule has 22 heavy (non-hydrogen) atoms. The SMILES string of the molecule is O=C(CCc1ccccc1F)NCCNC(=O)c1ccco1. The maximum absolute atomic E-state index is 13.4. The van der Waals surface area contributed by atoms with Gasteiger partial charge in [-0.3, -0.25) is 9.59 Å². The van der Waals surface area contributed by atoms with Crippen molar-refractivity contribution >= 4 is 11.8 Å². The summed E-state index contributed by atoms with van der Waals surface area (Å²) < 4.78 is 18.3. The van der Waals surface area contributed by atoms with Crippen LogP contribution in [0.5, 0.6) is 0 Å². The van der Waals surface area contributed by atoms with Gasteiger partial charge < -0.3 is 15.1 Å². The van der Waals surface area contributed by atoms with Crippen LogP contribution >= 0.6 is 0 Å². The first kappa shape index (κ1) is 15.8. The number of halogens is 1. The zero-order valence-corrected chi connectivity index (χ0v) is 12.0. The average molecular weight is 304 g/mol. The quantitative estimate of drug-likeness (QED) is 0.767. The molecule has 0 fully saturated rings. The standard InChI is InChI=1S/C16H17FN2O3/c17-13-5-2-1-4-12(13)7-8-15(20)18-9-10-19-16(21)14-6-3-11-22-14/h1-6,11H,7-10H2,(H,18,20)(H,19,21). The summed E-state index contributed by atoms with van der Waals surface area (Å²) in [7, 11) is 0. The van der Waals surface area contributed by atoms with Crippen molar-refractivity contribution in [3.63, 3.8) is 0 Å². The maximum Gasteiger partial charge on any atom is 0.287 e. The van der Waals surface area contributed by atoms with Gasteiger partial charge in [-0.25, -0.2) is 4.39 Å². The van der Waals surface area contributed by atoms with Gasteiger partial charge in [0.2, 0.25) is 5.91 Å². The molecule has 2 N–H and O–H groups in total. The predicted octanol–water partition coefficient (Wildman–Crippen LogP) is 1.90. The minimum Gasteiger partial charge on any atom is -0.459 e. The smallest absolute Gasteiger partial charge is 0.287 e. The number of hydrogen-bond acceptors (Lipinski definition) is 3. The number of benzene rings is 1. The van der Waals surface area contributed by atoms with E-state index in [0.29, 0.717) is 25.1 Å². The Kier molecular flexibility index (Phi) is 5.71. The van der Waals surface area contributed by atoms with Crippen LogP contribution in [0, 0.1) is 5.82 Å². The molecular weight excluding hydrogens is 287 g/mol. The first-order valence-electron chi connectivity index (χ1n) is 6.98. The summed E-state index contributed by atoms with van der Waals surface area (Å²) >= 11 is 0. The summed E-state index contributed by atoms with van der Waals surface area (Å²) in [6, 6.07) is 9.56. The van der Waals surface area contributed by atoms with Crippen molar-refractivity contribution in [1.29, 1.82) is 0 Å². The normalized spacial score (nSPS) is 10.2. The summed E-state index contributed by atoms with van der Waals surface area (Å²) in [6.45, 7) is 0.605. The first-order chi connectivity index (χ1) is 10.7. The van der Waals surface area contributed by atoms with Gasteiger partial charge in [0, 0.05) is 19.5 Å². The van der Waals surface area contributed by atoms with Crippen molar-refractivity contribution in [3.8, 4) is 0 Å². The van der Waals surface area contributed by atoms with Gasteiger partial charge in [-0.2, -0.15) is 0 Å². The van der Waals surface area contributed by atoms with E-state index in [-0.39, 0.29) is 29.8 Å². The molecule has 0 aliphatic carbocycles. The second-order valence-electron chi connectivity index (χ2n) is 4.67. The molecule has 0 unspecified atom stereocenters. The van der Waals surface area contributed by atoms with Crippen LogP contribution in [0.25, 0.3) is 0 Å². The van der Waals surface area contributed by atoms with E-state index < -0.39 is 0 Å². The third-order valence-electron chi connectivity index (χ3n) is 3.06. The monoisotopic (exact) mass is 304 g/mol. The van der Waals surface area contributed by atoms with Gasteiger partial charge >= 0.3 is 0 Å². The molecule has 0 saturated carbocycles. The van der Waals surface area contributed by atoms with Crippen LogP contribution in [0.3, 0.4) is 0 Å². The number of hydrogen-bond donors (Lipinski definition) is 2. The van der Waals surface area contributed by atoms with E-state index in [2.05, 4.69) is 10.6 Å². The molecular formula is C16H17FN2O3. The highest BCUT2D eigenvalue weighted by molar-refractivity contribution is 5.91. The van der Waals surface area contributed by atoms with Gasteiger partial charge in [0.25, 0.3) is 5.91 Å². The number of furan rings is 1. The summed E-state index contributed by atoms with van der Waals surface area (Å²) in [5, 5.41) is 5.28. The molecule has 0 spiro atoms. The van der Waals surface area contributed by atoms with Crippen molar-refractivity contribution in [3.05, 3.63) is 59.8 Å². The number of amides is 2. The Morgan fingerprint density at radius 3 is 2.55 bits per heavy atom. The second-order valence-corrected chi connectivity index (χ2v) is 4.67. The molecule has 2 rings (SSSR count). The molecule has 1 aromatic heterocycles. The van der Waals surface area contributed by atoms with Crippen molar-refractivity contribution in [2.24, 2.45) is 0 Å². The van der Waals surface area contributed by atoms with E-state index in [9.17, 15) is 14.0 Å². The van der Waals surface area contributed by atoms with Crippen molar-refractivity contribution in [1.82, 2.24) is 10.6 Å². The van der Waals surface area contributed by atoms with Gasteiger partial charge in [0.15, 0.2) is 5.76 Å². The van der Waals surface area contributed by atoms with Crippen LogP contribution in [0.1, 0.15) is 22.5 Å². The Morgan fingerprint density at radius 2 is 1.82 bits per heavy atom. The van der Waals surface area contributed by atoms with E-state index in [0.717, 1.165) is 0 Å². The molecule has 2 aromatic rings. The summed E-state index contributed by atoms with van der Waals surface area (Å²) in [4.78, 5) is 23.2. The maximum atomic E-state index is 13.4. The van der Waals surface area contributed by atoms with Crippen LogP contribution in [-0.4, -0.2) is 24.9 Å². The molecule has 6 heteroatoms. The van der Waals surface area contributed by atoms with E-state index in [4.69, 9.17) is 4.42 Å². The number of carbonyl (C=O) groups is 2. The minimum atomic E-state index is -0.328. The zero-order chi connectivity index (χ0) is 15.8. The van der Waals surface area contributed by atoms with E-state index >= 15 is 0 Å². The Morgan fingerprint density at radius 1 is 1.05 bits per heavy atom. The Bertz CT molecular complexity index is 626. The van der Waals surface area contributed by atoms with Crippen LogP contribution in [-0.2, 0) is 11.2 Å². The zero-order valence-electron chi connectivity index (χ0n) is 12.0. The molecule has 1 aromatic carbocycles. The van der Waals surface area contributed by atoms with E-state index in [1.807, 2.05) is 0 Å². The molecule has 0 bridgehead atoms. The third-order valence-corrected chi connectivity index (χ3v) is 3.06. The highest BCUT2D eigenvalue weighted by atomic mass is 19.1. The number of nitrogens with one attached hydrogen (secondary N) is 2. The Hall–Kier alpha value is -2.63. The molecule has 0 saturated heterocycles. The topological polar surface area (TPSA) is 71.3 Å². The van der Waals surface area contributed by atoms with Gasteiger partial charge in [0.1, 0.15) is 5.82 Å². The molecule has 0 aliphatic heterocycles. The third kappa shape index (κ3) is 4.73. The lowest BCUT2D eigenvalue weighted by Gasteiger charge is -2.06. The lowest BCUT2D eigenvalue weighted by molar-refractivity contribution is -0.121. The molecule has 116 valence electrons. The highest BCUT2D eigenvalue weighted by Gasteiger charge is 2.08. The Balaban J connectivity index is 1.62. The lowest BCUT2D eigenvalue weighted by atomic mass is 10.1. The Labute approximate surface area is 127 Å². The van der Waals surface area contributed by atoms with Crippen molar-refractivity contribution in [2.45, 2.75) is 12.8 Å². The fourth-order valence-corrected chi connectivity index (χ4v) is 1.91. The van der Waals surface area contributed by atoms with Gasteiger partial charge in [0.05, 0.1) is 6.26 Å². The fraction of sp³-hybridized carbons (Fsp3) is 0.250. The lowest BCUT2D eigenvalue weighted by Crippen LogP contribution is -2.34. The van der Waals surface area contributed by atoms with Gasteiger partial charge in [-0.15, -0.1) is 0 Å². The van der Waals surface area contributed by atoms with Crippen LogP contribution in [0.2, 0.25) is 0 Å². The number of rotatable bonds is 7. The molecule has 0 radical (unpaired) electrons. The molecule has 2 amide bonds. The first-order valence-corrected chi connectivity index (χ1v) is 6.98. The average Bonchev–Trinajstić information content (AvgIpc) is 3.05. The molecule has 5 nitrogen and oxygen atoms in total. The van der Waals surface area contributed by atoms with Crippen molar-refractivity contribution in [2.75, 3.05) is 13.1 Å². The van der Waals surface area contributed by atoms with Gasteiger partial charge in [-0.1, -0.05) is 18.2 Å². The number of aryl methyl sites for hydroxylation is 1. The second kappa shape index (κ2) is 7.97. The minimum absolute atomic E-state index is 0.185. The number of carbonyl (C=O) groups excluding carboxylic acids is 2. The van der Waals surface area contributed by atoms with E-state index in [1.54, 1.807) is 30.3 Å². The molecule has 0 atom stereocenters. The largest absolute Gasteiger partial charge is 0.459 e. The fourth-order valence-electron chi connectivity index (χ4n) is 1.91. The van der Waals surface area contributed by atoms with Gasteiger partial charge in [-0.05, 0) is 30.2 Å². The van der Waals surface area contributed by atoms with Crippen LogP contribution < -0.4 is 10.6 Å². The predicted molar refractivity (Wildman–Crippen MR) is 78.8 cm³/mol. The summed E-state index contributed by atoms with van der Waals surface area (Å²) in [5.74, 6) is -0.590. The summed E-state index contributed by atoms with van der Waals surface area (Å²) in [5.41, 5.74) is 0.517. The molecule has 1 heterocycles. The highest BCUT2D eigenvalue weighted by Crippen LogP contribution is 2.08. The van der Waals surface area contributed by atoms with Crippen LogP contribution in [0.4, 0.5) is 4.39 Å². The van der Waals surface area contributed by atoms with Crippen LogP contribution in [0.15, 0.2) is 47.1 Å². The summed E-state index contributed by atoms with van der Waals surface area (Å²) in [6.07, 6.45) is 1.96.